The standard InChI is InChI=1S/C16H22N4O/c1-20-12-3-2-4-13(20)9-11(8-12)18-16-19-14-6-5-10(17)7-15(14)21-16/h5-7,11-13H,2-4,8-9,17H2,1H3,(H,18,19). The third-order valence-corrected chi connectivity index (χ3v) is 5.08. The molecule has 0 saturated carbocycles. The summed E-state index contributed by atoms with van der Waals surface area (Å²) in [6, 6.07) is 8.09. The minimum atomic E-state index is 0.460. The molecule has 2 bridgehead atoms. The van der Waals surface area contributed by atoms with Crippen LogP contribution in [0.1, 0.15) is 32.1 Å². The zero-order valence-corrected chi connectivity index (χ0v) is 12.4. The number of nitrogen functional groups attached to an aromatic ring is 1. The molecule has 112 valence electrons. The van der Waals surface area contributed by atoms with Gasteiger partial charge in [-0.25, -0.2) is 0 Å². The van der Waals surface area contributed by atoms with Gasteiger partial charge in [0, 0.05) is 29.9 Å². The molecule has 2 saturated heterocycles. The van der Waals surface area contributed by atoms with E-state index >= 15 is 0 Å². The number of benzene rings is 1. The Morgan fingerprint density at radius 3 is 2.81 bits per heavy atom. The first-order valence-corrected chi connectivity index (χ1v) is 7.83. The lowest BCUT2D eigenvalue weighted by molar-refractivity contribution is 0.0604. The van der Waals surface area contributed by atoms with Gasteiger partial charge in [0.05, 0.1) is 0 Å². The molecule has 0 aliphatic carbocycles. The molecule has 2 unspecified atom stereocenters. The molecule has 2 aliphatic heterocycles. The Morgan fingerprint density at radius 2 is 2.05 bits per heavy atom. The summed E-state index contributed by atoms with van der Waals surface area (Å²) in [5.41, 5.74) is 8.10. The maximum atomic E-state index is 5.78. The molecular weight excluding hydrogens is 264 g/mol. The number of hydrogen-bond donors (Lipinski definition) is 2. The van der Waals surface area contributed by atoms with Crippen LogP contribution in [0.5, 0.6) is 0 Å². The van der Waals surface area contributed by atoms with E-state index in [9.17, 15) is 0 Å². The second kappa shape index (κ2) is 4.91. The van der Waals surface area contributed by atoms with Gasteiger partial charge in [0.1, 0.15) is 5.52 Å². The summed E-state index contributed by atoms with van der Waals surface area (Å²) in [7, 11) is 2.27. The Bertz CT molecular complexity index is 639. The van der Waals surface area contributed by atoms with E-state index in [4.69, 9.17) is 10.2 Å². The zero-order valence-electron chi connectivity index (χ0n) is 12.4. The first-order valence-electron chi connectivity index (χ1n) is 7.83. The van der Waals surface area contributed by atoms with Crippen LogP contribution in [0.2, 0.25) is 0 Å². The Hall–Kier alpha value is -1.75. The van der Waals surface area contributed by atoms with Gasteiger partial charge in [-0.05, 0) is 44.9 Å². The molecule has 0 spiro atoms. The van der Waals surface area contributed by atoms with Crippen molar-refractivity contribution in [2.24, 2.45) is 0 Å². The SMILES string of the molecule is CN1C2CCCC1CC(Nc1nc3ccc(N)cc3o1)C2. The first kappa shape index (κ1) is 13.0. The maximum absolute atomic E-state index is 5.78. The molecule has 1 aromatic heterocycles. The van der Waals surface area contributed by atoms with Crippen molar-refractivity contribution in [2.45, 2.75) is 50.2 Å². The van der Waals surface area contributed by atoms with Crippen molar-refractivity contribution >= 4 is 22.8 Å². The van der Waals surface area contributed by atoms with E-state index in [-0.39, 0.29) is 0 Å². The van der Waals surface area contributed by atoms with Gasteiger partial charge in [-0.15, -0.1) is 0 Å². The van der Waals surface area contributed by atoms with Crippen molar-refractivity contribution in [2.75, 3.05) is 18.1 Å². The number of oxazole rings is 1. The molecule has 3 heterocycles. The van der Waals surface area contributed by atoms with Gasteiger partial charge in [0.25, 0.3) is 6.01 Å². The van der Waals surface area contributed by atoms with Crippen LogP contribution in [0.3, 0.4) is 0 Å². The second-order valence-corrected chi connectivity index (χ2v) is 6.46. The zero-order chi connectivity index (χ0) is 14.4. The molecule has 0 amide bonds. The predicted octanol–water partition coefficient (Wildman–Crippen LogP) is 2.84. The molecule has 5 nitrogen and oxygen atoms in total. The molecule has 21 heavy (non-hydrogen) atoms. The van der Waals surface area contributed by atoms with Crippen molar-refractivity contribution in [1.29, 1.82) is 0 Å². The van der Waals surface area contributed by atoms with E-state index in [0.717, 1.165) is 11.1 Å². The summed E-state index contributed by atoms with van der Waals surface area (Å²) in [4.78, 5) is 7.08. The largest absolute Gasteiger partial charge is 0.423 e. The lowest BCUT2D eigenvalue weighted by Crippen LogP contribution is -2.52. The fourth-order valence-electron chi connectivity index (χ4n) is 3.91. The minimum absolute atomic E-state index is 0.460. The Balaban J connectivity index is 1.52. The normalized spacial score (nSPS) is 29.7. The number of piperidine rings is 2. The van der Waals surface area contributed by atoms with Gasteiger partial charge in [-0.3, -0.25) is 0 Å². The third kappa shape index (κ3) is 2.35. The van der Waals surface area contributed by atoms with Crippen LogP contribution in [0, 0.1) is 0 Å². The Kier molecular flexibility index (Phi) is 3.03. The number of aromatic nitrogens is 1. The molecule has 4 rings (SSSR count). The van der Waals surface area contributed by atoms with Crippen molar-refractivity contribution in [3.8, 4) is 0 Å². The van der Waals surface area contributed by atoms with Crippen molar-refractivity contribution in [3.63, 3.8) is 0 Å². The monoisotopic (exact) mass is 286 g/mol. The fourth-order valence-corrected chi connectivity index (χ4v) is 3.91. The quantitative estimate of drug-likeness (QED) is 0.831. The van der Waals surface area contributed by atoms with E-state index in [1.165, 1.54) is 32.1 Å². The number of nitrogens with one attached hydrogen (secondary N) is 1. The molecule has 5 heteroatoms. The Labute approximate surface area is 124 Å². The van der Waals surface area contributed by atoms with Gasteiger partial charge >= 0.3 is 0 Å². The predicted molar refractivity (Wildman–Crippen MR) is 84.3 cm³/mol. The van der Waals surface area contributed by atoms with Gasteiger partial charge in [0.2, 0.25) is 0 Å². The fraction of sp³-hybridized carbons (Fsp3) is 0.562. The minimum Gasteiger partial charge on any atom is -0.423 e. The molecule has 2 aromatic rings. The van der Waals surface area contributed by atoms with E-state index in [0.29, 0.717) is 29.8 Å². The molecule has 0 radical (unpaired) electrons. The van der Waals surface area contributed by atoms with E-state index in [1.54, 1.807) is 0 Å². The average Bonchev–Trinajstić information content (AvgIpc) is 2.81. The lowest BCUT2D eigenvalue weighted by Gasteiger charge is -2.47. The Morgan fingerprint density at radius 1 is 1.29 bits per heavy atom. The van der Waals surface area contributed by atoms with Crippen LogP contribution in [-0.2, 0) is 0 Å². The smallest absolute Gasteiger partial charge is 0.295 e. The summed E-state index contributed by atoms with van der Waals surface area (Å²) in [6.45, 7) is 0. The highest BCUT2D eigenvalue weighted by atomic mass is 16.4. The number of nitrogens with zero attached hydrogens (tertiary/aromatic N) is 2. The van der Waals surface area contributed by atoms with Crippen LogP contribution in [0.4, 0.5) is 11.7 Å². The lowest BCUT2D eigenvalue weighted by atomic mass is 9.82. The van der Waals surface area contributed by atoms with Crippen LogP contribution >= 0.6 is 0 Å². The topological polar surface area (TPSA) is 67.3 Å². The molecule has 2 atom stereocenters. The van der Waals surface area contributed by atoms with E-state index < -0.39 is 0 Å². The number of nitrogens with two attached hydrogens (primary N) is 1. The first-order chi connectivity index (χ1) is 10.2. The van der Waals surface area contributed by atoms with Gasteiger partial charge in [0.15, 0.2) is 5.58 Å². The number of anilines is 2. The van der Waals surface area contributed by atoms with Gasteiger partial charge in [-0.2, -0.15) is 4.98 Å². The summed E-state index contributed by atoms with van der Waals surface area (Å²) >= 11 is 0. The average molecular weight is 286 g/mol. The number of fused-ring (bicyclic) bond motifs is 3. The summed E-state index contributed by atoms with van der Waals surface area (Å²) in [5.74, 6) is 0. The van der Waals surface area contributed by atoms with Crippen molar-refractivity contribution in [3.05, 3.63) is 18.2 Å². The van der Waals surface area contributed by atoms with Crippen molar-refractivity contribution < 1.29 is 4.42 Å². The third-order valence-electron chi connectivity index (χ3n) is 5.08. The second-order valence-electron chi connectivity index (χ2n) is 6.46. The highest BCUT2D eigenvalue weighted by Crippen LogP contribution is 2.34. The van der Waals surface area contributed by atoms with Gasteiger partial charge in [-0.1, -0.05) is 6.42 Å². The molecule has 1 aromatic carbocycles. The highest BCUT2D eigenvalue weighted by Gasteiger charge is 2.36. The summed E-state index contributed by atoms with van der Waals surface area (Å²) < 4.78 is 5.78. The van der Waals surface area contributed by atoms with Crippen LogP contribution in [0.25, 0.3) is 11.1 Å². The maximum Gasteiger partial charge on any atom is 0.295 e. The van der Waals surface area contributed by atoms with Crippen LogP contribution < -0.4 is 11.1 Å². The van der Waals surface area contributed by atoms with Crippen molar-refractivity contribution in [1.82, 2.24) is 9.88 Å². The van der Waals surface area contributed by atoms with E-state index in [2.05, 4.69) is 22.2 Å². The summed E-state index contributed by atoms with van der Waals surface area (Å²) in [6.07, 6.45) is 6.35. The van der Waals surface area contributed by atoms with Gasteiger partial charge < -0.3 is 20.4 Å². The molecule has 2 aliphatic rings. The highest BCUT2D eigenvalue weighted by molar-refractivity contribution is 5.78. The number of rotatable bonds is 2. The number of hydrogen-bond acceptors (Lipinski definition) is 5. The molecular formula is C16H22N4O. The molecule has 2 fully saturated rings. The summed E-state index contributed by atoms with van der Waals surface area (Å²) in [5, 5.41) is 3.49. The van der Waals surface area contributed by atoms with Crippen LogP contribution in [-0.4, -0.2) is 35.1 Å². The van der Waals surface area contributed by atoms with E-state index in [1.807, 2.05) is 18.2 Å². The molecule has 3 N–H and O–H groups in total. The van der Waals surface area contributed by atoms with Crippen LogP contribution in [0.15, 0.2) is 22.6 Å².